The molecule has 6 nitrogen and oxygen atoms in total. The molecule has 1 N–H and O–H groups in total. The summed E-state index contributed by atoms with van der Waals surface area (Å²) < 4.78 is 16.8. The zero-order chi connectivity index (χ0) is 25.9. The van der Waals surface area contributed by atoms with Crippen LogP contribution >= 0.6 is 0 Å². The highest BCUT2D eigenvalue weighted by Crippen LogP contribution is 2.36. The van der Waals surface area contributed by atoms with Crippen molar-refractivity contribution < 1.29 is 28.6 Å². The first-order chi connectivity index (χ1) is 16.0. The number of carbonyl (C=O) groups excluding carboxylic acids is 2. The maximum atomic E-state index is 12.0. The van der Waals surface area contributed by atoms with Crippen molar-refractivity contribution in [3.05, 3.63) is 0 Å². The summed E-state index contributed by atoms with van der Waals surface area (Å²) >= 11 is 0. The lowest BCUT2D eigenvalue weighted by molar-refractivity contribution is -0.146. The molecule has 1 unspecified atom stereocenters. The fraction of sp³-hybridized carbons (Fsp3) is 0.926. The lowest BCUT2D eigenvalue weighted by Gasteiger charge is -2.37. The second-order valence-corrected chi connectivity index (χ2v) is 15.9. The molecule has 202 valence electrons. The Labute approximate surface area is 210 Å². The predicted molar refractivity (Wildman–Crippen MR) is 141 cm³/mol. The number of hydrogen-bond donors (Lipinski definition) is 1. The first-order valence-electron chi connectivity index (χ1n) is 13.6. The van der Waals surface area contributed by atoms with Gasteiger partial charge in [0.1, 0.15) is 0 Å². The van der Waals surface area contributed by atoms with E-state index in [4.69, 9.17) is 13.9 Å². The number of carbonyl (C=O) groups is 2. The summed E-state index contributed by atoms with van der Waals surface area (Å²) in [6.45, 7) is 14.1. The van der Waals surface area contributed by atoms with Crippen molar-refractivity contribution in [3.8, 4) is 0 Å². The van der Waals surface area contributed by atoms with Crippen LogP contribution in [0.3, 0.4) is 0 Å². The Balaban J connectivity index is 3.72. The quantitative estimate of drug-likeness (QED) is 0.106. The molecule has 0 aromatic rings. The second kappa shape index (κ2) is 19.3. The van der Waals surface area contributed by atoms with Crippen LogP contribution in [0.5, 0.6) is 0 Å². The average Bonchev–Trinajstić information content (AvgIpc) is 2.77. The third-order valence-corrected chi connectivity index (χ3v) is 11.2. The van der Waals surface area contributed by atoms with Gasteiger partial charge in [-0.3, -0.25) is 9.59 Å². The van der Waals surface area contributed by atoms with Crippen molar-refractivity contribution in [2.75, 3.05) is 26.4 Å². The van der Waals surface area contributed by atoms with Crippen LogP contribution in [0.25, 0.3) is 0 Å². The van der Waals surface area contributed by atoms with Gasteiger partial charge in [-0.2, -0.15) is 0 Å². The molecule has 0 aliphatic rings. The fourth-order valence-corrected chi connectivity index (χ4v) is 4.27. The van der Waals surface area contributed by atoms with E-state index >= 15 is 0 Å². The van der Waals surface area contributed by atoms with Crippen molar-refractivity contribution in [2.24, 2.45) is 5.92 Å². The molecule has 0 saturated carbocycles. The Kier molecular flexibility index (Phi) is 18.8. The van der Waals surface area contributed by atoms with E-state index in [-0.39, 0.29) is 36.1 Å². The summed E-state index contributed by atoms with van der Waals surface area (Å²) in [4.78, 5) is 23.8. The minimum absolute atomic E-state index is 0.0665. The van der Waals surface area contributed by atoms with Crippen LogP contribution in [-0.4, -0.2) is 51.8 Å². The van der Waals surface area contributed by atoms with Gasteiger partial charge in [-0.15, -0.1) is 0 Å². The third-order valence-electron chi connectivity index (χ3n) is 6.75. The SMILES string of the molecule is CCCCCCCCCCOC(=O)CCCCCC(=O)OCC(CO)CO[Si](C)(C)C(C)(C)C. The van der Waals surface area contributed by atoms with Gasteiger partial charge in [-0.1, -0.05) is 79.1 Å². The van der Waals surface area contributed by atoms with Crippen molar-refractivity contribution in [1.82, 2.24) is 0 Å². The monoisotopic (exact) mass is 502 g/mol. The Bertz CT molecular complexity index is 530. The minimum Gasteiger partial charge on any atom is -0.466 e. The molecule has 34 heavy (non-hydrogen) atoms. The summed E-state index contributed by atoms with van der Waals surface area (Å²) in [7, 11) is -1.89. The largest absolute Gasteiger partial charge is 0.466 e. The van der Waals surface area contributed by atoms with Gasteiger partial charge in [-0.25, -0.2) is 0 Å². The van der Waals surface area contributed by atoms with Crippen LogP contribution in [0.15, 0.2) is 0 Å². The van der Waals surface area contributed by atoms with Crippen molar-refractivity contribution >= 4 is 20.3 Å². The summed E-state index contributed by atoms with van der Waals surface area (Å²) in [5.41, 5.74) is 0. The summed E-state index contributed by atoms with van der Waals surface area (Å²) in [6, 6.07) is 0. The fourth-order valence-electron chi connectivity index (χ4n) is 3.19. The molecule has 0 fully saturated rings. The van der Waals surface area contributed by atoms with Gasteiger partial charge in [0.05, 0.1) is 19.8 Å². The normalized spacial score (nSPS) is 13.0. The van der Waals surface area contributed by atoms with Gasteiger partial charge >= 0.3 is 11.9 Å². The van der Waals surface area contributed by atoms with Gasteiger partial charge in [0.2, 0.25) is 0 Å². The zero-order valence-electron chi connectivity index (χ0n) is 23.1. The molecular weight excluding hydrogens is 448 g/mol. The van der Waals surface area contributed by atoms with Crippen molar-refractivity contribution in [2.45, 2.75) is 129 Å². The lowest BCUT2D eigenvalue weighted by atomic mass is 10.1. The Hall–Kier alpha value is -0.923. The van der Waals surface area contributed by atoms with Crippen LogP contribution < -0.4 is 0 Å². The molecule has 0 saturated heterocycles. The van der Waals surface area contributed by atoms with E-state index in [0.717, 1.165) is 25.7 Å². The molecule has 0 amide bonds. The zero-order valence-corrected chi connectivity index (χ0v) is 24.1. The highest BCUT2D eigenvalue weighted by atomic mass is 28.4. The Morgan fingerprint density at radius 1 is 0.765 bits per heavy atom. The summed E-state index contributed by atoms with van der Waals surface area (Å²) in [5, 5.41) is 9.68. The maximum Gasteiger partial charge on any atom is 0.305 e. The number of hydrogen-bond acceptors (Lipinski definition) is 6. The molecule has 0 aromatic heterocycles. The van der Waals surface area contributed by atoms with Crippen LogP contribution in [0, 0.1) is 5.92 Å². The second-order valence-electron chi connectivity index (χ2n) is 11.1. The molecule has 0 aliphatic carbocycles. The molecule has 0 radical (unpaired) electrons. The standard InChI is InChI=1S/C27H54O6Si/c1-7-8-9-10-11-12-13-17-20-31-25(29)18-15-14-16-19-26(30)32-22-24(21-28)23-33-34(5,6)27(2,3)4/h24,28H,7-23H2,1-6H3. The van der Waals surface area contributed by atoms with Crippen molar-refractivity contribution in [3.63, 3.8) is 0 Å². The molecule has 0 rings (SSSR count). The average molecular weight is 503 g/mol. The van der Waals surface area contributed by atoms with Crippen molar-refractivity contribution in [1.29, 1.82) is 0 Å². The van der Waals surface area contributed by atoms with Crippen LogP contribution in [-0.2, 0) is 23.5 Å². The molecular formula is C27H54O6Si. The smallest absolute Gasteiger partial charge is 0.305 e. The van der Waals surface area contributed by atoms with E-state index in [0.29, 0.717) is 32.5 Å². The van der Waals surface area contributed by atoms with E-state index in [1.807, 2.05) is 0 Å². The maximum absolute atomic E-state index is 12.0. The highest BCUT2D eigenvalue weighted by molar-refractivity contribution is 6.74. The highest BCUT2D eigenvalue weighted by Gasteiger charge is 2.37. The third kappa shape index (κ3) is 17.5. The number of rotatable bonds is 21. The number of ether oxygens (including phenoxy) is 2. The van der Waals surface area contributed by atoms with Gasteiger partial charge in [0.15, 0.2) is 8.32 Å². The van der Waals surface area contributed by atoms with E-state index in [2.05, 4.69) is 40.8 Å². The Morgan fingerprint density at radius 2 is 1.26 bits per heavy atom. The molecule has 0 spiro atoms. The molecule has 1 atom stereocenters. The minimum atomic E-state index is -1.89. The summed E-state index contributed by atoms with van der Waals surface area (Å²) in [5.74, 6) is -0.602. The topological polar surface area (TPSA) is 82.1 Å². The van der Waals surface area contributed by atoms with Gasteiger partial charge in [0.25, 0.3) is 0 Å². The lowest BCUT2D eigenvalue weighted by Crippen LogP contribution is -2.42. The van der Waals surface area contributed by atoms with E-state index in [1.54, 1.807) is 0 Å². The van der Waals surface area contributed by atoms with E-state index in [9.17, 15) is 14.7 Å². The van der Waals surface area contributed by atoms with Gasteiger partial charge in [-0.05, 0) is 37.4 Å². The number of unbranched alkanes of at least 4 members (excludes halogenated alkanes) is 9. The predicted octanol–water partition coefficient (Wildman–Crippen LogP) is 6.79. The first-order valence-corrected chi connectivity index (χ1v) is 16.5. The number of aliphatic hydroxyl groups is 1. The van der Waals surface area contributed by atoms with E-state index in [1.165, 1.54) is 38.5 Å². The van der Waals surface area contributed by atoms with Crippen LogP contribution in [0.1, 0.15) is 111 Å². The molecule has 0 heterocycles. The molecule has 0 aliphatic heterocycles. The number of aliphatic hydroxyl groups excluding tert-OH is 1. The molecule has 7 heteroatoms. The number of esters is 2. The van der Waals surface area contributed by atoms with Gasteiger partial charge in [0, 0.05) is 25.4 Å². The Morgan fingerprint density at radius 3 is 1.79 bits per heavy atom. The van der Waals surface area contributed by atoms with Crippen LogP contribution in [0.2, 0.25) is 18.1 Å². The van der Waals surface area contributed by atoms with Crippen LogP contribution in [0.4, 0.5) is 0 Å². The van der Waals surface area contributed by atoms with Gasteiger partial charge < -0.3 is 19.0 Å². The van der Waals surface area contributed by atoms with E-state index < -0.39 is 8.32 Å². The molecule has 0 aromatic carbocycles. The molecule has 0 bridgehead atoms. The first kappa shape index (κ1) is 33.1. The summed E-state index contributed by atoms with van der Waals surface area (Å²) in [6.07, 6.45) is 12.8.